The van der Waals surface area contributed by atoms with E-state index in [4.69, 9.17) is 4.74 Å². The SMILES string of the molecule is CN(CC(=O)N1CCOCC1)C(=O)CN1CCc2sccc2C1c1cccs1. The Bertz CT molecular complexity index is 815. The molecule has 1 saturated heterocycles. The number of nitrogens with zero attached hydrogens (tertiary/aromatic N) is 3. The first-order valence-corrected chi connectivity index (χ1v) is 11.3. The highest BCUT2D eigenvalue weighted by atomic mass is 32.1. The lowest BCUT2D eigenvalue weighted by Gasteiger charge is -2.36. The Balaban J connectivity index is 1.42. The van der Waals surface area contributed by atoms with Crippen molar-refractivity contribution < 1.29 is 14.3 Å². The normalized spacial score (nSPS) is 20.0. The van der Waals surface area contributed by atoms with Crippen LogP contribution < -0.4 is 0 Å². The van der Waals surface area contributed by atoms with E-state index in [1.807, 2.05) is 0 Å². The van der Waals surface area contributed by atoms with Crippen LogP contribution >= 0.6 is 22.7 Å². The van der Waals surface area contributed by atoms with Crippen molar-refractivity contribution in [3.8, 4) is 0 Å². The molecular formula is C20H25N3O3S2. The summed E-state index contributed by atoms with van der Waals surface area (Å²) in [6, 6.07) is 6.52. The first kappa shape index (κ1) is 19.6. The predicted octanol–water partition coefficient (Wildman–Crippen LogP) is 2.07. The topological polar surface area (TPSA) is 53.1 Å². The number of carbonyl (C=O) groups is 2. The molecule has 0 saturated carbocycles. The summed E-state index contributed by atoms with van der Waals surface area (Å²) in [6.07, 6.45) is 0.971. The molecule has 4 rings (SSSR count). The minimum Gasteiger partial charge on any atom is -0.378 e. The lowest BCUT2D eigenvalue weighted by molar-refractivity contribution is -0.142. The van der Waals surface area contributed by atoms with E-state index in [1.165, 1.54) is 15.3 Å². The molecule has 2 aromatic heterocycles. The van der Waals surface area contributed by atoms with E-state index >= 15 is 0 Å². The minimum atomic E-state index is -0.0122. The highest BCUT2D eigenvalue weighted by molar-refractivity contribution is 7.10. The van der Waals surface area contributed by atoms with Gasteiger partial charge in [0.2, 0.25) is 11.8 Å². The van der Waals surface area contributed by atoms with Crippen LogP contribution in [0.15, 0.2) is 29.0 Å². The van der Waals surface area contributed by atoms with Crippen molar-refractivity contribution in [2.24, 2.45) is 0 Å². The van der Waals surface area contributed by atoms with E-state index in [2.05, 4.69) is 33.9 Å². The van der Waals surface area contributed by atoms with Crippen LogP contribution in [0.25, 0.3) is 0 Å². The van der Waals surface area contributed by atoms with Gasteiger partial charge < -0.3 is 14.5 Å². The van der Waals surface area contributed by atoms with Gasteiger partial charge in [-0.25, -0.2) is 0 Å². The molecule has 0 spiro atoms. The molecule has 0 bridgehead atoms. The molecule has 6 nitrogen and oxygen atoms in total. The molecule has 2 aliphatic heterocycles. The summed E-state index contributed by atoms with van der Waals surface area (Å²) in [6.45, 7) is 3.66. The van der Waals surface area contributed by atoms with Crippen LogP contribution in [0.1, 0.15) is 21.4 Å². The fraction of sp³-hybridized carbons (Fsp3) is 0.500. The number of rotatable bonds is 5. The van der Waals surface area contributed by atoms with Crippen molar-refractivity contribution in [3.63, 3.8) is 0 Å². The lowest BCUT2D eigenvalue weighted by atomic mass is 9.98. The van der Waals surface area contributed by atoms with Crippen LogP contribution in [0.2, 0.25) is 0 Å². The number of likely N-dealkylation sites (N-methyl/N-ethyl adjacent to an activating group) is 1. The van der Waals surface area contributed by atoms with Crippen molar-refractivity contribution >= 4 is 34.5 Å². The van der Waals surface area contributed by atoms with Gasteiger partial charge in [-0.2, -0.15) is 0 Å². The maximum absolute atomic E-state index is 12.9. The average Bonchev–Trinajstić information content (AvgIpc) is 3.40. The molecule has 2 aliphatic rings. The molecular weight excluding hydrogens is 394 g/mol. The zero-order valence-corrected chi connectivity index (χ0v) is 17.6. The van der Waals surface area contributed by atoms with Gasteiger partial charge in [-0.05, 0) is 34.9 Å². The Hall–Kier alpha value is -1.74. The Morgan fingerprint density at radius 3 is 2.75 bits per heavy atom. The van der Waals surface area contributed by atoms with Gasteiger partial charge in [0.25, 0.3) is 0 Å². The van der Waals surface area contributed by atoms with E-state index in [-0.39, 0.29) is 24.4 Å². The second-order valence-electron chi connectivity index (χ2n) is 7.18. The number of hydrogen-bond acceptors (Lipinski definition) is 6. The van der Waals surface area contributed by atoms with Gasteiger partial charge in [0, 0.05) is 36.4 Å². The van der Waals surface area contributed by atoms with Gasteiger partial charge >= 0.3 is 0 Å². The third-order valence-electron chi connectivity index (χ3n) is 5.38. The Morgan fingerprint density at radius 1 is 1.18 bits per heavy atom. The number of fused-ring (bicyclic) bond motifs is 1. The van der Waals surface area contributed by atoms with Crippen LogP contribution in [0.5, 0.6) is 0 Å². The fourth-order valence-corrected chi connectivity index (χ4v) is 5.60. The molecule has 0 radical (unpaired) electrons. The molecule has 8 heteroatoms. The molecule has 1 unspecified atom stereocenters. The van der Waals surface area contributed by atoms with E-state index in [1.54, 1.807) is 39.5 Å². The highest BCUT2D eigenvalue weighted by Crippen LogP contribution is 2.39. The summed E-state index contributed by atoms with van der Waals surface area (Å²) >= 11 is 3.53. The van der Waals surface area contributed by atoms with E-state index in [9.17, 15) is 9.59 Å². The van der Waals surface area contributed by atoms with E-state index in [0.717, 1.165) is 13.0 Å². The van der Waals surface area contributed by atoms with E-state index < -0.39 is 0 Å². The smallest absolute Gasteiger partial charge is 0.242 e. The van der Waals surface area contributed by atoms with Crippen LogP contribution in [0.3, 0.4) is 0 Å². The Kier molecular flexibility index (Phi) is 6.10. The van der Waals surface area contributed by atoms with Crippen molar-refractivity contribution in [2.45, 2.75) is 12.5 Å². The van der Waals surface area contributed by atoms with Crippen LogP contribution in [-0.4, -0.2) is 79.5 Å². The van der Waals surface area contributed by atoms with Crippen molar-refractivity contribution in [1.29, 1.82) is 0 Å². The Labute approximate surface area is 173 Å². The first-order chi connectivity index (χ1) is 13.6. The molecule has 0 aliphatic carbocycles. The summed E-state index contributed by atoms with van der Waals surface area (Å²) in [5.41, 5.74) is 1.32. The van der Waals surface area contributed by atoms with Gasteiger partial charge in [-0.1, -0.05) is 6.07 Å². The molecule has 4 heterocycles. The summed E-state index contributed by atoms with van der Waals surface area (Å²) < 4.78 is 5.29. The number of amides is 2. The van der Waals surface area contributed by atoms with Crippen molar-refractivity contribution in [3.05, 3.63) is 44.3 Å². The second kappa shape index (κ2) is 8.73. The molecule has 2 aromatic rings. The van der Waals surface area contributed by atoms with Crippen molar-refractivity contribution in [2.75, 3.05) is 53.0 Å². The van der Waals surface area contributed by atoms with Gasteiger partial charge in [-0.3, -0.25) is 14.5 Å². The summed E-state index contributed by atoms with van der Waals surface area (Å²) in [5, 5.41) is 4.23. The first-order valence-electron chi connectivity index (χ1n) is 9.56. The Morgan fingerprint density at radius 2 is 2.00 bits per heavy atom. The lowest BCUT2D eigenvalue weighted by Crippen LogP contribution is -2.48. The molecule has 0 N–H and O–H groups in total. The second-order valence-corrected chi connectivity index (χ2v) is 9.16. The van der Waals surface area contributed by atoms with Crippen LogP contribution in [-0.2, 0) is 20.7 Å². The fourth-order valence-electron chi connectivity index (χ4n) is 3.82. The zero-order valence-electron chi connectivity index (χ0n) is 16.0. The van der Waals surface area contributed by atoms with Crippen LogP contribution in [0, 0.1) is 0 Å². The van der Waals surface area contributed by atoms with Crippen molar-refractivity contribution in [1.82, 2.24) is 14.7 Å². The maximum atomic E-state index is 12.9. The summed E-state index contributed by atoms with van der Waals surface area (Å²) in [7, 11) is 1.72. The van der Waals surface area contributed by atoms with Crippen LogP contribution in [0.4, 0.5) is 0 Å². The van der Waals surface area contributed by atoms with Gasteiger partial charge in [0.05, 0.1) is 32.3 Å². The third-order valence-corrected chi connectivity index (χ3v) is 7.30. The van der Waals surface area contributed by atoms with E-state index in [0.29, 0.717) is 32.8 Å². The summed E-state index contributed by atoms with van der Waals surface area (Å²) in [5.74, 6) is -0.0189. The largest absolute Gasteiger partial charge is 0.378 e. The molecule has 1 fully saturated rings. The standard InChI is InChI=1S/C20H25N3O3S2/c1-21(13-19(25)22-7-9-26-10-8-22)18(24)14-23-6-4-16-15(5-12-28-16)20(23)17-3-2-11-27-17/h2-3,5,11-12,20H,4,6-10,13-14H2,1H3. The monoisotopic (exact) mass is 419 g/mol. The third kappa shape index (κ3) is 4.15. The number of hydrogen-bond donors (Lipinski definition) is 0. The molecule has 0 aromatic carbocycles. The predicted molar refractivity (Wildman–Crippen MR) is 111 cm³/mol. The number of carbonyl (C=O) groups excluding carboxylic acids is 2. The molecule has 150 valence electrons. The quantitative estimate of drug-likeness (QED) is 0.745. The molecule has 28 heavy (non-hydrogen) atoms. The highest BCUT2D eigenvalue weighted by Gasteiger charge is 2.32. The zero-order chi connectivity index (χ0) is 19.5. The number of ether oxygens (including phenoxy) is 1. The summed E-state index contributed by atoms with van der Waals surface area (Å²) in [4.78, 5) is 33.6. The van der Waals surface area contributed by atoms with Gasteiger partial charge in [-0.15, -0.1) is 22.7 Å². The molecule has 1 atom stereocenters. The van der Waals surface area contributed by atoms with Gasteiger partial charge in [0.15, 0.2) is 0 Å². The maximum Gasteiger partial charge on any atom is 0.242 e. The number of morpholine rings is 1. The number of thiophene rings is 2. The average molecular weight is 420 g/mol. The van der Waals surface area contributed by atoms with Gasteiger partial charge in [0.1, 0.15) is 0 Å². The minimum absolute atomic E-state index is 0.00674. The molecule has 2 amide bonds.